The Morgan fingerprint density at radius 1 is 0.810 bits per heavy atom. The van der Waals surface area contributed by atoms with Gasteiger partial charge in [-0.2, -0.15) is 0 Å². The lowest BCUT2D eigenvalue weighted by atomic mass is 10.1. The molecule has 0 aliphatic heterocycles. The Hall–Kier alpha value is -1.41. The number of esters is 1. The van der Waals surface area contributed by atoms with Crippen LogP contribution in [0.4, 0.5) is 0 Å². The molecule has 118 valence electrons. The van der Waals surface area contributed by atoms with Gasteiger partial charge in [0.25, 0.3) is 0 Å². The van der Waals surface area contributed by atoms with Crippen LogP contribution in [0.1, 0.15) is 84.0 Å². The molecule has 0 aromatic rings. The molecule has 0 radical (unpaired) electrons. The zero-order chi connectivity index (χ0) is 15.6. The average Bonchev–Trinajstić information content (AvgIpc) is 2.50. The highest BCUT2D eigenvalue weighted by molar-refractivity contribution is 5.68. The second-order valence-electron chi connectivity index (χ2n) is 5.14. The van der Waals surface area contributed by atoms with Crippen molar-refractivity contribution in [2.24, 2.45) is 0 Å². The van der Waals surface area contributed by atoms with Crippen molar-refractivity contribution >= 4 is 5.97 Å². The van der Waals surface area contributed by atoms with E-state index in [1.54, 1.807) is 0 Å². The highest BCUT2D eigenvalue weighted by atomic mass is 16.5. The van der Waals surface area contributed by atoms with E-state index in [2.05, 4.69) is 35.3 Å². The Morgan fingerprint density at radius 2 is 1.38 bits per heavy atom. The Balaban J connectivity index is 3.17. The van der Waals surface area contributed by atoms with Crippen molar-refractivity contribution in [3.63, 3.8) is 0 Å². The molecule has 0 spiro atoms. The zero-order valence-electron chi connectivity index (χ0n) is 13.8. The summed E-state index contributed by atoms with van der Waals surface area (Å²) in [5.41, 5.74) is 0. The summed E-state index contributed by atoms with van der Waals surface area (Å²) in [6.07, 6.45) is 12.9. The van der Waals surface area contributed by atoms with Crippen LogP contribution in [0, 0.1) is 23.7 Å². The number of rotatable bonds is 10. The molecule has 0 heterocycles. The van der Waals surface area contributed by atoms with Gasteiger partial charge in [0, 0.05) is 19.3 Å². The summed E-state index contributed by atoms with van der Waals surface area (Å²) in [7, 11) is 1.45. The predicted molar refractivity (Wildman–Crippen MR) is 88.6 cm³/mol. The van der Waals surface area contributed by atoms with Gasteiger partial charge in [0.2, 0.25) is 0 Å². The molecule has 0 N–H and O–H groups in total. The molecule has 2 heteroatoms. The van der Waals surface area contributed by atoms with Crippen molar-refractivity contribution in [1.82, 2.24) is 0 Å². The smallest absolute Gasteiger partial charge is 0.305 e. The molecule has 21 heavy (non-hydrogen) atoms. The number of hydrogen-bond acceptors (Lipinski definition) is 2. The molecule has 2 nitrogen and oxygen atoms in total. The summed E-state index contributed by atoms with van der Waals surface area (Å²) in [6.45, 7) is 2.06. The molecular weight excluding hydrogens is 260 g/mol. The van der Waals surface area contributed by atoms with Gasteiger partial charge in [0.1, 0.15) is 0 Å². The highest BCUT2D eigenvalue weighted by Gasteiger charge is 1.98. The topological polar surface area (TPSA) is 26.3 Å². The number of unbranched alkanes of at least 4 members (excludes halogenated alkanes) is 8. The van der Waals surface area contributed by atoms with E-state index in [0.717, 1.165) is 32.1 Å². The van der Waals surface area contributed by atoms with Crippen LogP contribution >= 0.6 is 0 Å². The molecule has 0 rings (SSSR count). The standard InChI is InChI=1S/C19H30O2/c1-3-4-5-6-7-8-9-10-11-12-13-14-15-16-17-18-19(20)21-2/h3,6,9-18H2,1-2H3. The molecule has 0 saturated heterocycles. The first-order valence-corrected chi connectivity index (χ1v) is 8.29. The van der Waals surface area contributed by atoms with Crippen molar-refractivity contribution in [2.45, 2.75) is 84.0 Å². The maximum absolute atomic E-state index is 10.9. The van der Waals surface area contributed by atoms with E-state index in [-0.39, 0.29) is 5.97 Å². The number of ether oxygens (including phenoxy) is 1. The molecule has 0 fully saturated rings. The molecule has 0 bridgehead atoms. The molecule has 0 aromatic carbocycles. The maximum atomic E-state index is 10.9. The molecule has 0 unspecified atom stereocenters. The SMILES string of the molecule is CCC#CCC#CCCCCCCCCCCC(=O)OC. The fraction of sp³-hybridized carbons (Fsp3) is 0.737. The van der Waals surface area contributed by atoms with Crippen LogP contribution < -0.4 is 0 Å². The van der Waals surface area contributed by atoms with Gasteiger partial charge in [-0.05, 0) is 12.8 Å². The lowest BCUT2D eigenvalue weighted by molar-refractivity contribution is -0.140. The van der Waals surface area contributed by atoms with Crippen molar-refractivity contribution in [1.29, 1.82) is 0 Å². The molecule has 0 aliphatic carbocycles. The number of methoxy groups -OCH3 is 1. The van der Waals surface area contributed by atoms with E-state index in [9.17, 15) is 4.79 Å². The van der Waals surface area contributed by atoms with E-state index in [0.29, 0.717) is 6.42 Å². The summed E-state index contributed by atoms with van der Waals surface area (Å²) < 4.78 is 4.61. The highest BCUT2D eigenvalue weighted by Crippen LogP contribution is 2.10. The fourth-order valence-electron chi connectivity index (χ4n) is 2.03. The normalized spacial score (nSPS) is 9.24. The molecule has 0 aromatic heterocycles. The first-order valence-electron chi connectivity index (χ1n) is 8.29. The van der Waals surface area contributed by atoms with Crippen molar-refractivity contribution in [3.8, 4) is 23.7 Å². The van der Waals surface area contributed by atoms with Gasteiger partial charge in [-0.25, -0.2) is 0 Å². The van der Waals surface area contributed by atoms with Gasteiger partial charge in [-0.3, -0.25) is 4.79 Å². The fourth-order valence-corrected chi connectivity index (χ4v) is 2.03. The van der Waals surface area contributed by atoms with Crippen molar-refractivity contribution in [3.05, 3.63) is 0 Å². The number of carbonyl (C=O) groups is 1. The Bertz CT molecular complexity index is 362. The quantitative estimate of drug-likeness (QED) is 0.326. The van der Waals surface area contributed by atoms with Crippen LogP contribution in [-0.4, -0.2) is 13.1 Å². The monoisotopic (exact) mass is 290 g/mol. The second kappa shape index (κ2) is 16.6. The lowest BCUT2D eigenvalue weighted by Gasteiger charge is -2.01. The van der Waals surface area contributed by atoms with Crippen molar-refractivity contribution in [2.75, 3.05) is 7.11 Å². The van der Waals surface area contributed by atoms with Crippen LogP contribution in [0.5, 0.6) is 0 Å². The van der Waals surface area contributed by atoms with Crippen LogP contribution in [0.15, 0.2) is 0 Å². The summed E-state index contributed by atoms with van der Waals surface area (Å²) in [6, 6.07) is 0. The van der Waals surface area contributed by atoms with E-state index in [1.165, 1.54) is 45.6 Å². The average molecular weight is 290 g/mol. The Labute approximate surface area is 131 Å². The van der Waals surface area contributed by atoms with Gasteiger partial charge in [0.15, 0.2) is 0 Å². The van der Waals surface area contributed by atoms with Gasteiger partial charge in [0.05, 0.1) is 13.5 Å². The molecule has 0 amide bonds. The van der Waals surface area contributed by atoms with Gasteiger partial charge in [-0.1, -0.05) is 57.3 Å². The largest absolute Gasteiger partial charge is 0.469 e. The van der Waals surface area contributed by atoms with Gasteiger partial charge >= 0.3 is 5.97 Å². The third kappa shape index (κ3) is 16.5. The van der Waals surface area contributed by atoms with Crippen LogP contribution in [0.3, 0.4) is 0 Å². The van der Waals surface area contributed by atoms with Crippen LogP contribution in [0.25, 0.3) is 0 Å². The Kier molecular flexibility index (Phi) is 15.5. The minimum absolute atomic E-state index is 0.0863. The zero-order valence-corrected chi connectivity index (χ0v) is 13.8. The third-order valence-corrected chi connectivity index (χ3v) is 3.26. The second-order valence-corrected chi connectivity index (χ2v) is 5.14. The molecular formula is C19H30O2. The van der Waals surface area contributed by atoms with Crippen LogP contribution in [0.2, 0.25) is 0 Å². The van der Waals surface area contributed by atoms with E-state index >= 15 is 0 Å². The summed E-state index contributed by atoms with van der Waals surface area (Å²) in [5.74, 6) is 12.2. The van der Waals surface area contributed by atoms with Gasteiger partial charge < -0.3 is 4.74 Å². The minimum Gasteiger partial charge on any atom is -0.469 e. The number of carbonyl (C=O) groups excluding carboxylic acids is 1. The minimum atomic E-state index is -0.0863. The van der Waals surface area contributed by atoms with Crippen LogP contribution in [-0.2, 0) is 9.53 Å². The summed E-state index contributed by atoms with van der Waals surface area (Å²) in [4.78, 5) is 10.9. The van der Waals surface area contributed by atoms with E-state index in [1.807, 2.05) is 0 Å². The number of hydrogen-bond donors (Lipinski definition) is 0. The van der Waals surface area contributed by atoms with Gasteiger partial charge in [-0.15, -0.1) is 11.8 Å². The predicted octanol–water partition coefficient (Wildman–Crippen LogP) is 4.87. The lowest BCUT2D eigenvalue weighted by Crippen LogP contribution is -1.99. The van der Waals surface area contributed by atoms with Crippen molar-refractivity contribution < 1.29 is 9.53 Å². The maximum Gasteiger partial charge on any atom is 0.305 e. The third-order valence-electron chi connectivity index (χ3n) is 3.26. The van der Waals surface area contributed by atoms with E-state index < -0.39 is 0 Å². The molecule has 0 aliphatic rings. The Morgan fingerprint density at radius 3 is 2.00 bits per heavy atom. The first-order chi connectivity index (χ1) is 10.3. The first kappa shape index (κ1) is 19.6. The summed E-state index contributed by atoms with van der Waals surface area (Å²) >= 11 is 0. The summed E-state index contributed by atoms with van der Waals surface area (Å²) in [5, 5.41) is 0. The molecule has 0 saturated carbocycles. The molecule has 0 atom stereocenters. The van der Waals surface area contributed by atoms with E-state index in [4.69, 9.17) is 0 Å².